The van der Waals surface area contributed by atoms with Crippen molar-refractivity contribution in [2.24, 2.45) is 0 Å². The Bertz CT molecular complexity index is 663. The lowest BCUT2D eigenvalue weighted by atomic mass is 10.0. The summed E-state index contributed by atoms with van der Waals surface area (Å²) in [6.45, 7) is 1.60. The molecule has 1 aromatic rings. The molecule has 0 spiro atoms. The monoisotopic (exact) mass is 380 g/mol. The van der Waals surface area contributed by atoms with E-state index >= 15 is 0 Å². The van der Waals surface area contributed by atoms with Gasteiger partial charge in [0.05, 0.1) is 0 Å². The summed E-state index contributed by atoms with van der Waals surface area (Å²) < 4.78 is 0. The molecule has 1 unspecified atom stereocenters. The number of rotatable bonds is 11. The van der Waals surface area contributed by atoms with Gasteiger partial charge in [0.15, 0.2) is 0 Å². The van der Waals surface area contributed by atoms with Crippen LogP contribution in [-0.2, 0) is 25.6 Å². The minimum Gasteiger partial charge on any atom is -0.481 e. The topological polar surface area (TPSA) is 153 Å². The van der Waals surface area contributed by atoms with E-state index < -0.39 is 48.4 Å². The lowest BCUT2D eigenvalue weighted by Gasteiger charge is -2.22. The van der Waals surface area contributed by atoms with Gasteiger partial charge in [0, 0.05) is 12.8 Å². The second-order valence-electron chi connectivity index (χ2n) is 6.01. The molecule has 0 aliphatic rings. The number of carbonyl (C=O) groups excluding carboxylic acids is 2. The molecule has 27 heavy (non-hydrogen) atoms. The molecule has 3 atom stereocenters. The van der Waals surface area contributed by atoms with Gasteiger partial charge in [-0.25, -0.2) is 4.79 Å². The van der Waals surface area contributed by atoms with E-state index in [9.17, 15) is 29.4 Å². The van der Waals surface area contributed by atoms with Crippen LogP contribution >= 0.6 is 0 Å². The number of carbonyl (C=O) groups is 4. The van der Waals surface area contributed by atoms with Gasteiger partial charge in [-0.2, -0.15) is 0 Å². The quantitative estimate of drug-likeness (QED) is 0.360. The molecule has 0 heterocycles. The number of aliphatic hydroxyl groups excluding tert-OH is 1. The van der Waals surface area contributed by atoms with Crippen molar-refractivity contribution in [3.63, 3.8) is 0 Å². The molecule has 0 aliphatic heterocycles. The van der Waals surface area contributed by atoms with Crippen LogP contribution in [0.5, 0.6) is 0 Å². The molecule has 0 aliphatic carbocycles. The third kappa shape index (κ3) is 7.87. The van der Waals surface area contributed by atoms with Gasteiger partial charge in [0.2, 0.25) is 11.8 Å². The number of carboxylic acid groups (broad SMARTS) is 2. The van der Waals surface area contributed by atoms with Gasteiger partial charge >= 0.3 is 11.9 Å². The van der Waals surface area contributed by atoms with Gasteiger partial charge in [-0.3, -0.25) is 14.4 Å². The zero-order valence-electron chi connectivity index (χ0n) is 14.9. The number of aliphatic carboxylic acids is 2. The largest absolute Gasteiger partial charge is 0.481 e. The van der Waals surface area contributed by atoms with Crippen molar-refractivity contribution in [2.45, 2.75) is 50.8 Å². The van der Waals surface area contributed by atoms with Crippen LogP contribution in [0.1, 0.15) is 31.7 Å². The van der Waals surface area contributed by atoms with E-state index in [2.05, 4.69) is 10.6 Å². The van der Waals surface area contributed by atoms with Gasteiger partial charge in [-0.1, -0.05) is 37.3 Å². The zero-order chi connectivity index (χ0) is 20.4. The van der Waals surface area contributed by atoms with Crippen molar-refractivity contribution in [2.75, 3.05) is 0 Å². The highest BCUT2D eigenvalue weighted by atomic mass is 16.4. The second-order valence-corrected chi connectivity index (χ2v) is 6.01. The first-order valence-electron chi connectivity index (χ1n) is 8.51. The van der Waals surface area contributed by atoms with E-state index in [1.54, 1.807) is 37.3 Å². The van der Waals surface area contributed by atoms with Crippen molar-refractivity contribution in [3.05, 3.63) is 35.9 Å². The summed E-state index contributed by atoms with van der Waals surface area (Å²) >= 11 is 0. The minimum absolute atomic E-state index is 0.0834. The normalized spacial score (nSPS) is 13.9. The van der Waals surface area contributed by atoms with E-state index in [4.69, 9.17) is 5.11 Å². The number of amides is 2. The number of aliphatic hydroxyl groups is 1. The zero-order valence-corrected chi connectivity index (χ0v) is 14.9. The highest BCUT2D eigenvalue weighted by Crippen LogP contribution is 2.06. The molecule has 0 bridgehead atoms. The highest BCUT2D eigenvalue weighted by molar-refractivity contribution is 5.91. The molecule has 9 nitrogen and oxygen atoms in total. The van der Waals surface area contributed by atoms with Crippen LogP contribution in [0.4, 0.5) is 0 Å². The average Bonchev–Trinajstić information content (AvgIpc) is 2.63. The van der Waals surface area contributed by atoms with Crippen LogP contribution < -0.4 is 10.6 Å². The molecule has 5 N–H and O–H groups in total. The molecule has 2 amide bonds. The second kappa shape index (κ2) is 10.9. The summed E-state index contributed by atoms with van der Waals surface area (Å²) in [5.41, 5.74) is 0.723. The molecule has 1 rings (SSSR count). The smallest absolute Gasteiger partial charge is 0.326 e. The van der Waals surface area contributed by atoms with Gasteiger partial charge in [0.25, 0.3) is 0 Å². The Balaban J connectivity index is 2.91. The summed E-state index contributed by atoms with van der Waals surface area (Å²) in [7, 11) is 0. The minimum atomic E-state index is -1.40. The number of nitrogens with one attached hydrogen (secondary N) is 2. The maximum atomic E-state index is 12.5. The molecular formula is C18H24N2O7. The van der Waals surface area contributed by atoms with Gasteiger partial charge in [-0.15, -0.1) is 0 Å². The summed E-state index contributed by atoms with van der Waals surface area (Å²) in [5, 5.41) is 32.2. The highest BCUT2D eigenvalue weighted by Gasteiger charge is 2.28. The molecule has 0 saturated carbocycles. The fourth-order valence-corrected chi connectivity index (χ4v) is 2.31. The molecular weight excluding hydrogens is 356 g/mol. The standard InChI is InChI=1S/C18H24N2O7/c1-2-14(21)17(25)20-13(10-11-6-4-3-5-7-11)16(24)19-12(18(26)27)8-9-15(22)23/h3-7,12-14,21H,2,8-10H2,1H3,(H,19,24)(H,20,25)(H,22,23)(H,26,27)/t12-,13-,14?/m0/s1. The fraction of sp³-hybridized carbons (Fsp3) is 0.444. The van der Waals surface area contributed by atoms with Crippen LogP contribution in [0.2, 0.25) is 0 Å². The van der Waals surface area contributed by atoms with Gasteiger partial charge in [0.1, 0.15) is 18.2 Å². The van der Waals surface area contributed by atoms with Gasteiger partial charge in [-0.05, 0) is 18.4 Å². The van der Waals surface area contributed by atoms with E-state index in [1.165, 1.54) is 0 Å². The first kappa shape index (κ1) is 22.1. The molecule has 0 radical (unpaired) electrons. The van der Waals surface area contributed by atoms with Crippen molar-refractivity contribution in [1.82, 2.24) is 10.6 Å². The van der Waals surface area contributed by atoms with Crippen LogP contribution in [0, 0.1) is 0 Å². The average molecular weight is 380 g/mol. The van der Waals surface area contributed by atoms with Crippen LogP contribution in [0.3, 0.4) is 0 Å². The first-order valence-corrected chi connectivity index (χ1v) is 8.51. The molecule has 0 aromatic heterocycles. The third-order valence-corrected chi connectivity index (χ3v) is 3.87. The van der Waals surface area contributed by atoms with Gasteiger partial charge < -0.3 is 26.0 Å². The maximum Gasteiger partial charge on any atom is 0.326 e. The van der Waals surface area contributed by atoms with Crippen molar-refractivity contribution in [1.29, 1.82) is 0 Å². The predicted octanol–water partition coefficient (Wildman–Crippen LogP) is -0.0810. The lowest BCUT2D eigenvalue weighted by Crippen LogP contribution is -2.54. The van der Waals surface area contributed by atoms with E-state index in [0.717, 1.165) is 5.56 Å². The predicted molar refractivity (Wildman–Crippen MR) is 94.8 cm³/mol. The van der Waals surface area contributed by atoms with E-state index in [0.29, 0.717) is 0 Å². The van der Waals surface area contributed by atoms with Crippen molar-refractivity contribution >= 4 is 23.8 Å². The number of hydrogen-bond acceptors (Lipinski definition) is 5. The molecule has 0 saturated heterocycles. The SMILES string of the molecule is CCC(O)C(=O)N[C@@H](Cc1ccccc1)C(=O)N[C@@H](CCC(=O)O)C(=O)O. The Hall–Kier alpha value is -2.94. The summed E-state index contributed by atoms with van der Waals surface area (Å²) in [6, 6.07) is 6.24. The maximum absolute atomic E-state index is 12.5. The Morgan fingerprint density at radius 2 is 1.56 bits per heavy atom. The summed E-state index contributed by atoms with van der Waals surface area (Å²) in [6.07, 6.45) is -1.78. The van der Waals surface area contributed by atoms with Crippen LogP contribution in [0.25, 0.3) is 0 Å². The lowest BCUT2D eigenvalue weighted by molar-refractivity contribution is -0.143. The van der Waals surface area contributed by atoms with Crippen LogP contribution in [0.15, 0.2) is 30.3 Å². The molecule has 1 aromatic carbocycles. The van der Waals surface area contributed by atoms with Crippen LogP contribution in [-0.4, -0.2) is 57.3 Å². The summed E-state index contributed by atoms with van der Waals surface area (Å²) in [4.78, 5) is 46.4. The molecule has 0 fully saturated rings. The molecule has 9 heteroatoms. The molecule has 148 valence electrons. The third-order valence-electron chi connectivity index (χ3n) is 3.87. The fourth-order valence-electron chi connectivity index (χ4n) is 2.31. The first-order chi connectivity index (χ1) is 12.7. The summed E-state index contributed by atoms with van der Waals surface area (Å²) in [5.74, 6) is -4.07. The van der Waals surface area contributed by atoms with E-state index in [1.807, 2.05) is 0 Å². The Morgan fingerprint density at radius 3 is 2.07 bits per heavy atom. The number of hydrogen-bond donors (Lipinski definition) is 5. The number of benzene rings is 1. The number of carboxylic acids is 2. The Kier molecular flexibility index (Phi) is 8.94. The Morgan fingerprint density at radius 1 is 0.963 bits per heavy atom. The van der Waals surface area contributed by atoms with Crippen molar-refractivity contribution in [3.8, 4) is 0 Å². The van der Waals surface area contributed by atoms with E-state index in [-0.39, 0.29) is 19.3 Å². The van der Waals surface area contributed by atoms with Crippen molar-refractivity contribution < 1.29 is 34.5 Å². The Labute approximate surface area is 156 Å².